The van der Waals surface area contributed by atoms with Gasteiger partial charge < -0.3 is 10.5 Å². The van der Waals surface area contributed by atoms with E-state index in [-0.39, 0.29) is 6.54 Å². The zero-order valence-corrected chi connectivity index (χ0v) is 8.48. The van der Waals surface area contributed by atoms with Crippen molar-refractivity contribution >= 4 is 29.5 Å². The number of carbonyl (C=O) groups is 2. The molecular weight excluding hydrogens is 220 g/mol. The number of ether oxygens (including phenoxy) is 1. The lowest BCUT2D eigenvalue weighted by molar-refractivity contribution is -0.135. The summed E-state index contributed by atoms with van der Waals surface area (Å²) in [6.07, 6.45) is -1.14. The molecule has 15 heavy (non-hydrogen) atoms. The van der Waals surface area contributed by atoms with E-state index in [1.807, 2.05) is 6.07 Å². The second-order valence-corrected chi connectivity index (χ2v) is 3.06. The van der Waals surface area contributed by atoms with Crippen LogP contribution in [0.5, 0.6) is 0 Å². The molecule has 0 atom stereocenters. The number of anilines is 1. The van der Waals surface area contributed by atoms with Crippen LogP contribution in [0.4, 0.5) is 10.5 Å². The Morgan fingerprint density at radius 3 is 2.47 bits per heavy atom. The summed E-state index contributed by atoms with van der Waals surface area (Å²) in [4.78, 5) is 21.2. The molecule has 80 valence electrons. The Morgan fingerprint density at radius 2 is 1.93 bits per heavy atom. The molecular formula is C9H9ClN2O3. The Bertz CT molecular complexity index is 356. The molecule has 0 aliphatic carbocycles. The molecule has 0 unspecified atom stereocenters. The van der Waals surface area contributed by atoms with Gasteiger partial charge in [-0.1, -0.05) is 18.2 Å². The van der Waals surface area contributed by atoms with Crippen LogP contribution in [-0.4, -0.2) is 18.6 Å². The number of rotatable bonds is 3. The lowest BCUT2D eigenvalue weighted by atomic mass is 10.3. The molecule has 0 aliphatic heterocycles. The molecule has 0 radical (unpaired) electrons. The highest BCUT2D eigenvalue weighted by Crippen LogP contribution is 2.14. The van der Waals surface area contributed by atoms with Crippen LogP contribution >= 0.6 is 11.8 Å². The molecule has 2 N–H and O–H groups in total. The van der Waals surface area contributed by atoms with Crippen molar-refractivity contribution in [3.8, 4) is 0 Å². The molecule has 1 rings (SSSR count). The average molecular weight is 229 g/mol. The van der Waals surface area contributed by atoms with Crippen molar-refractivity contribution < 1.29 is 14.3 Å². The lowest BCUT2D eigenvalue weighted by Gasteiger charge is -2.13. The summed E-state index contributed by atoms with van der Waals surface area (Å²) in [6, 6.07) is 8.78. The fraction of sp³-hybridized carbons (Fsp3) is 0.111. The molecule has 0 fully saturated rings. The van der Waals surface area contributed by atoms with E-state index >= 15 is 0 Å². The van der Waals surface area contributed by atoms with Crippen LogP contribution < -0.4 is 10.2 Å². The van der Waals surface area contributed by atoms with Crippen LogP contribution in [0.1, 0.15) is 0 Å². The molecule has 0 spiro atoms. The monoisotopic (exact) mass is 228 g/mol. The molecule has 0 aromatic heterocycles. The van der Waals surface area contributed by atoms with Crippen molar-refractivity contribution in [2.75, 3.05) is 11.0 Å². The van der Waals surface area contributed by atoms with Crippen molar-refractivity contribution in [2.45, 2.75) is 0 Å². The van der Waals surface area contributed by atoms with Crippen LogP contribution in [0.3, 0.4) is 0 Å². The smallest absolute Gasteiger partial charge is 0.375 e. The highest BCUT2D eigenvalue weighted by atomic mass is 35.5. The quantitative estimate of drug-likeness (QED) is 0.480. The van der Waals surface area contributed by atoms with E-state index in [2.05, 4.69) is 10.5 Å². The maximum atomic E-state index is 11.0. The lowest BCUT2D eigenvalue weighted by Crippen LogP contribution is -2.27. The number of nitrogens with two attached hydrogens (primary N) is 1. The summed E-state index contributed by atoms with van der Waals surface area (Å²) in [7, 11) is 0. The van der Waals surface area contributed by atoms with Gasteiger partial charge in [-0.3, -0.25) is 4.42 Å². The van der Waals surface area contributed by atoms with E-state index < -0.39 is 12.1 Å². The maximum absolute atomic E-state index is 11.0. The third-order valence-corrected chi connectivity index (χ3v) is 1.83. The van der Waals surface area contributed by atoms with Crippen molar-refractivity contribution in [2.24, 2.45) is 5.73 Å². The number of amides is 1. The minimum atomic E-state index is -1.14. The van der Waals surface area contributed by atoms with Crippen LogP contribution in [0.2, 0.25) is 0 Å². The van der Waals surface area contributed by atoms with Crippen LogP contribution in [0.25, 0.3) is 0 Å². The summed E-state index contributed by atoms with van der Waals surface area (Å²) in [5.74, 6) is -0.804. The van der Waals surface area contributed by atoms with Crippen LogP contribution in [-0.2, 0) is 9.53 Å². The first-order valence-corrected chi connectivity index (χ1v) is 4.42. The standard InChI is InChI=1S/C9H9ClN2O3/c10-12(6-8(13)15-9(11)14)7-4-2-1-3-5-7/h1-5H,6H2,(H2,11,14). The molecule has 0 aliphatic rings. The Balaban J connectivity index is 2.53. The van der Waals surface area contributed by atoms with Gasteiger partial charge in [0.2, 0.25) is 0 Å². The fourth-order valence-corrected chi connectivity index (χ4v) is 1.15. The average Bonchev–Trinajstić information content (AvgIpc) is 2.17. The maximum Gasteiger partial charge on any atom is 0.412 e. The van der Waals surface area contributed by atoms with Gasteiger partial charge in [-0.05, 0) is 12.1 Å². The third kappa shape index (κ3) is 3.86. The molecule has 5 nitrogen and oxygen atoms in total. The van der Waals surface area contributed by atoms with E-state index in [1.54, 1.807) is 24.3 Å². The Labute approximate surface area is 91.5 Å². The number of nitrogens with zero attached hydrogens (tertiary/aromatic N) is 1. The number of para-hydroxylation sites is 1. The summed E-state index contributed by atoms with van der Waals surface area (Å²) < 4.78 is 5.25. The van der Waals surface area contributed by atoms with Gasteiger partial charge in [0.15, 0.2) is 0 Å². The van der Waals surface area contributed by atoms with Crippen molar-refractivity contribution in [1.82, 2.24) is 0 Å². The topological polar surface area (TPSA) is 72.6 Å². The van der Waals surface area contributed by atoms with Gasteiger partial charge in [0.05, 0.1) is 5.69 Å². The van der Waals surface area contributed by atoms with Gasteiger partial charge in [-0.25, -0.2) is 9.59 Å². The highest BCUT2D eigenvalue weighted by Gasteiger charge is 2.12. The SMILES string of the molecule is NC(=O)OC(=O)CN(Cl)c1ccccc1. The molecule has 0 saturated heterocycles. The van der Waals surface area contributed by atoms with Gasteiger partial charge in [0.25, 0.3) is 0 Å². The first-order chi connectivity index (χ1) is 7.09. The highest BCUT2D eigenvalue weighted by molar-refractivity contribution is 6.26. The second kappa shape index (κ2) is 5.21. The van der Waals surface area contributed by atoms with E-state index in [9.17, 15) is 9.59 Å². The summed E-state index contributed by atoms with van der Waals surface area (Å²) in [5.41, 5.74) is 5.29. The van der Waals surface area contributed by atoms with Gasteiger partial charge in [-0.2, -0.15) is 0 Å². The van der Waals surface area contributed by atoms with Crippen molar-refractivity contribution in [3.63, 3.8) is 0 Å². The fourth-order valence-electron chi connectivity index (χ4n) is 0.939. The van der Waals surface area contributed by atoms with Gasteiger partial charge >= 0.3 is 12.1 Å². The normalized spacial score (nSPS) is 9.40. The predicted molar refractivity (Wildman–Crippen MR) is 55.3 cm³/mol. The minimum Gasteiger partial charge on any atom is -0.375 e. The number of esters is 1. The molecule has 6 heteroatoms. The Hall–Kier alpha value is -1.75. The number of primary amides is 1. The van der Waals surface area contributed by atoms with Crippen LogP contribution in [0, 0.1) is 0 Å². The number of carbonyl (C=O) groups excluding carboxylic acids is 2. The first-order valence-electron chi connectivity index (χ1n) is 4.08. The van der Waals surface area contributed by atoms with Crippen molar-refractivity contribution in [3.05, 3.63) is 30.3 Å². The van der Waals surface area contributed by atoms with E-state index in [4.69, 9.17) is 11.8 Å². The largest absolute Gasteiger partial charge is 0.412 e. The minimum absolute atomic E-state index is 0.255. The van der Waals surface area contributed by atoms with E-state index in [1.165, 1.54) is 0 Å². The van der Waals surface area contributed by atoms with E-state index in [0.717, 1.165) is 4.42 Å². The molecule has 1 aromatic carbocycles. The van der Waals surface area contributed by atoms with Gasteiger partial charge in [-0.15, -0.1) is 0 Å². The van der Waals surface area contributed by atoms with Gasteiger partial charge in [0, 0.05) is 11.8 Å². The Kier molecular flexibility index (Phi) is 3.93. The molecule has 1 amide bonds. The zero-order valence-electron chi connectivity index (χ0n) is 7.72. The number of benzene rings is 1. The van der Waals surface area contributed by atoms with Crippen LogP contribution in [0.15, 0.2) is 30.3 Å². The number of halogens is 1. The van der Waals surface area contributed by atoms with Crippen molar-refractivity contribution in [1.29, 1.82) is 0 Å². The van der Waals surface area contributed by atoms with Gasteiger partial charge in [0.1, 0.15) is 6.54 Å². The molecule has 0 heterocycles. The van der Waals surface area contributed by atoms with E-state index in [0.29, 0.717) is 5.69 Å². The summed E-state index contributed by atoms with van der Waals surface area (Å²) in [5, 5.41) is 0. The summed E-state index contributed by atoms with van der Waals surface area (Å²) in [6.45, 7) is -0.255. The third-order valence-electron chi connectivity index (χ3n) is 1.52. The second-order valence-electron chi connectivity index (χ2n) is 2.65. The number of hydrogen-bond acceptors (Lipinski definition) is 4. The first kappa shape index (κ1) is 11.3. The molecule has 1 aromatic rings. The predicted octanol–water partition coefficient (Wildman–Crippen LogP) is 1.27. The summed E-state index contributed by atoms with van der Waals surface area (Å²) >= 11 is 5.76. The Morgan fingerprint density at radius 1 is 1.33 bits per heavy atom. The molecule has 0 saturated carbocycles. The number of hydrogen-bond donors (Lipinski definition) is 1. The molecule has 0 bridgehead atoms. The zero-order chi connectivity index (χ0) is 11.3.